The first kappa shape index (κ1) is 14.3. The van der Waals surface area contributed by atoms with Crippen molar-refractivity contribution < 1.29 is 0 Å². The maximum absolute atomic E-state index is 3.10. The molecular formula is C15H23NS. The van der Waals surface area contributed by atoms with Crippen LogP contribution in [-0.2, 0) is 0 Å². The first-order valence-corrected chi connectivity index (χ1v) is 7.25. The lowest BCUT2D eigenvalue weighted by Gasteiger charge is -2.04. The summed E-state index contributed by atoms with van der Waals surface area (Å²) in [6, 6.07) is 8.79. The molecule has 0 aliphatic carbocycles. The normalized spacial score (nSPS) is 11.5. The van der Waals surface area contributed by atoms with Gasteiger partial charge in [0.05, 0.1) is 0 Å². The third-order valence-corrected chi connectivity index (χ3v) is 3.52. The lowest BCUT2D eigenvalue weighted by Crippen LogP contribution is -2.03. The predicted octanol–water partition coefficient (Wildman–Crippen LogP) is 4.06. The molecule has 1 rings (SSSR count). The van der Waals surface area contributed by atoms with Crippen molar-refractivity contribution in [2.75, 3.05) is 19.3 Å². The minimum atomic E-state index is 0.797. The van der Waals surface area contributed by atoms with Gasteiger partial charge in [0.2, 0.25) is 0 Å². The van der Waals surface area contributed by atoms with Crippen molar-refractivity contribution >= 4 is 17.8 Å². The average Bonchev–Trinajstić information content (AvgIpc) is 2.31. The molecule has 1 N–H and O–H groups in total. The number of likely N-dealkylation sites (N-methyl/N-ethyl adjacent to an activating group) is 1. The highest BCUT2D eigenvalue weighted by atomic mass is 32.2. The predicted molar refractivity (Wildman–Crippen MR) is 79.6 cm³/mol. The molecule has 0 aromatic heterocycles. The molecule has 0 radical (unpaired) electrons. The Morgan fingerprint density at radius 3 is 2.53 bits per heavy atom. The van der Waals surface area contributed by atoms with Crippen molar-refractivity contribution in [3.05, 3.63) is 35.9 Å². The van der Waals surface area contributed by atoms with Crippen molar-refractivity contribution in [3.63, 3.8) is 0 Å². The van der Waals surface area contributed by atoms with E-state index >= 15 is 0 Å². The van der Waals surface area contributed by atoms with Gasteiger partial charge in [-0.2, -0.15) is 0 Å². The Balaban J connectivity index is 2.39. The third-order valence-electron chi connectivity index (χ3n) is 2.48. The van der Waals surface area contributed by atoms with E-state index < -0.39 is 0 Å². The van der Waals surface area contributed by atoms with E-state index in [9.17, 15) is 0 Å². The molecule has 0 aliphatic rings. The fourth-order valence-electron chi connectivity index (χ4n) is 1.40. The molecule has 0 bridgehead atoms. The fraction of sp³-hybridized carbons (Fsp3) is 0.467. The summed E-state index contributed by atoms with van der Waals surface area (Å²) in [7, 11) is 1.96. The smallest absolute Gasteiger partial charge is 0.0135 e. The molecule has 0 saturated carbocycles. The molecule has 0 fully saturated rings. The van der Waals surface area contributed by atoms with Crippen LogP contribution in [0.2, 0.25) is 0 Å². The van der Waals surface area contributed by atoms with Gasteiger partial charge in [-0.3, -0.25) is 0 Å². The molecule has 1 aromatic rings. The quantitative estimate of drug-likeness (QED) is 0.731. The molecular weight excluding hydrogens is 226 g/mol. The van der Waals surface area contributed by atoms with E-state index in [1.807, 2.05) is 18.8 Å². The Morgan fingerprint density at radius 2 is 1.94 bits per heavy atom. The van der Waals surface area contributed by atoms with Crippen LogP contribution in [0.5, 0.6) is 0 Å². The largest absolute Gasteiger partial charge is 0.316 e. The minimum absolute atomic E-state index is 0.797. The van der Waals surface area contributed by atoms with Crippen LogP contribution >= 0.6 is 11.8 Å². The summed E-state index contributed by atoms with van der Waals surface area (Å²) >= 11 is 1.95. The van der Waals surface area contributed by atoms with Gasteiger partial charge in [-0.15, -0.1) is 11.8 Å². The number of rotatable bonds is 7. The highest BCUT2D eigenvalue weighted by Gasteiger charge is 1.96. The van der Waals surface area contributed by atoms with E-state index in [2.05, 4.69) is 55.6 Å². The molecule has 0 aliphatic heterocycles. The zero-order chi connectivity index (χ0) is 12.5. The summed E-state index contributed by atoms with van der Waals surface area (Å²) < 4.78 is 0. The summed E-state index contributed by atoms with van der Waals surface area (Å²) in [6.07, 6.45) is 5.58. The second kappa shape index (κ2) is 8.37. The minimum Gasteiger partial charge on any atom is -0.316 e. The maximum Gasteiger partial charge on any atom is 0.0135 e. The standard InChI is InChI=1S/C15H23NS/c1-13(2)10-12-17-15-8-6-14(7-9-15)5-4-11-16-3/h4-9,13,16H,10-12H2,1-3H3. The van der Waals surface area contributed by atoms with Crippen LogP contribution in [0.15, 0.2) is 35.2 Å². The van der Waals surface area contributed by atoms with Gasteiger partial charge in [-0.25, -0.2) is 0 Å². The van der Waals surface area contributed by atoms with Crippen molar-refractivity contribution in [2.45, 2.75) is 25.2 Å². The number of thioether (sulfide) groups is 1. The van der Waals surface area contributed by atoms with E-state index in [1.54, 1.807) is 0 Å². The second-order valence-corrected chi connectivity index (χ2v) is 5.73. The topological polar surface area (TPSA) is 12.0 Å². The molecule has 0 spiro atoms. The second-order valence-electron chi connectivity index (χ2n) is 4.56. The zero-order valence-electron chi connectivity index (χ0n) is 11.1. The van der Waals surface area contributed by atoms with Gasteiger partial charge in [0.1, 0.15) is 0 Å². The van der Waals surface area contributed by atoms with Crippen molar-refractivity contribution in [1.82, 2.24) is 5.32 Å². The first-order valence-electron chi connectivity index (χ1n) is 6.26. The zero-order valence-corrected chi connectivity index (χ0v) is 11.9. The van der Waals surface area contributed by atoms with E-state index in [0.29, 0.717) is 0 Å². The molecule has 0 amide bonds. The summed E-state index contributed by atoms with van der Waals surface area (Å²) in [4.78, 5) is 1.37. The van der Waals surface area contributed by atoms with Crippen molar-refractivity contribution in [1.29, 1.82) is 0 Å². The SMILES string of the molecule is CNCC=Cc1ccc(SCCC(C)C)cc1. The Bertz CT molecular complexity index is 327. The molecule has 2 heteroatoms. The Labute approximate surface area is 110 Å². The van der Waals surface area contributed by atoms with Crippen molar-refractivity contribution in [3.8, 4) is 0 Å². The van der Waals surface area contributed by atoms with Gasteiger partial charge >= 0.3 is 0 Å². The van der Waals surface area contributed by atoms with Crippen LogP contribution in [0, 0.1) is 5.92 Å². The Hall–Kier alpha value is -0.730. The highest BCUT2D eigenvalue weighted by molar-refractivity contribution is 7.99. The van der Waals surface area contributed by atoms with Crippen LogP contribution in [0.1, 0.15) is 25.8 Å². The van der Waals surface area contributed by atoms with E-state index in [0.717, 1.165) is 12.5 Å². The van der Waals surface area contributed by atoms with Gasteiger partial charge in [-0.05, 0) is 42.8 Å². The lowest BCUT2D eigenvalue weighted by molar-refractivity contribution is 0.632. The number of hydrogen-bond acceptors (Lipinski definition) is 2. The van der Waals surface area contributed by atoms with Gasteiger partial charge in [0, 0.05) is 11.4 Å². The Kier molecular flexibility index (Phi) is 7.06. The van der Waals surface area contributed by atoms with Gasteiger partial charge in [0.25, 0.3) is 0 Å². The van der Waals surface area contributed by atoms with Crippen LogP contribution < -0.4 is 5.32 Å². The van der Waals surface area contributed by atoms with Crippen molar-refractivity contribution in [2.24, 2.45) is 5.92 Å². The monoisotopic (exact) mass is 249 g/mol. The maximum atomic E-state index is 3.10. The summed E-state index contributed by atoms with van der Waals surface area (Å²) in [5.41, 5.74) is 1.27. The number of nitrogens with one attached hydrogen (secondary N) is 1. The molecule has 0 saturated heterocycles. The van der Waals surface area contributed by atoms with Crippen LogP contribution in [0.25, 0.3) is 6.08 Å². The molecule has 0 unspecified atom stereocenters. The van der Waals surface area contributed by atoms with Gasteiger partial charge in [0.15, 0.2) is 0 Å². The number of benzene rings is 1. The third kappa shape index (κ3) is 6.54. The number of hydrogen-bond donors (Lipinski definition) is 1. The molecule has 94 valence electrons. The van der Waals surface area contributed by atoms with E-state index in [4.69, 9.17) is 0 Å². The summed E-state index contributed by atoms with van der Waals surface area (Å²) in [5.74, 6) is 2.01. The fourth-order valence-corrected chi connectivity index (χ4v) is 2.55. The molecule has 0 atom stereocenters. The van der Waals surface area contributed by atoms with E-state index in [-0.39, 0.29) is 0 Å². The summed E-state index contributed by atoms with van der Waals surface area (Å²) in [5, 5.41) is 3.10. The Morgan fingerprint density at radius 1 is 1.24 bits per heavy atom. The van der Waals surface area contributed by atoms with Crippen LogP contribution in [0.4, 0.5) is 0 Å². The van der Waals surface area contributed by atoms with Gasteiger partial charge < -0.3 is 5.32 Å². The van der Waals surface area contributed by atoms with Gasteiger partial charge in [-0.1, -0.05) is 38.1 Å². The highest BCUT2D eigenvalue weighted by Crippen LogP contribution is 2.21. The average molecular weight is 249 g/mol. The van der Waals surface area contributed by atoms with E-state index in [1.165, 1.54) is 22.6 Å². The summed E-state index contributed by atoms with van der Waals surface area (Å²) in [6.45, 7) is 5.47. The molecule has 17 heavy (non-hydrogen) atoms. The first-order chi connectivity index (χ1) is 8.22. The molecule has 1 aromatic carbocycles. The lowest BCUT2D eigenvalue weighted by atomic mass is 10.2. The molecule has 1 nitrogen and oxygen atoms in total. The molecule has 0 heterocycles. The van der Waals surface area contributed by atoms with Crippen LogP contribution in [0.3, 0.4) is 0 Å². The van der Waals surface area contributed by atoms with Crippen LogP contribution in [-0.4, -0.2) is 19.3 Å².